The van der Waals surface area contributed by atoms with Crippen LogP contribution in [-0.4, -0.2) is 21.9 Å². The van der Waals surface area contributed by atoms with E-state index in [0.717, 1.165) is 22.6 Å². The van der Waals surface area contributed by atoms with Crippen molar-refractivity contribution in [3.63, 3.8) is 0 Å². The van der Waals surface area contributed by atoms with Crippen LogP contribution < -0.4 is 4.74 Å². The topological polar surface area (TPSA) is 55.4 Å². The predicted molar refractivity (Wildman–Crippen MR) is 93.4 cm³/mol. The summed E-state index contributed by atoms with van der Waals surface area (Å²) >= 11 is 0. The predicted octanol–water partition coefficient (Wildman–Crippen LogP) is 4.39. The molecule has 0 bridgehead atoms. The van der Waals surface area contributed by atoms with Crippen LogP contribution in [0.5, 0.6) is 5.75 Å². The summed E-state index contributed by atoms with van der Waals surface area (Å²) in [5, 5.41) is 11.3. The molecular formula is C19H21N2O3+. The minimum absolute atomic E-state index is 0.0843. The second-order valence-electron chi connectivity index (χ2n) is 7.01. The third-order valence-electron chi connectivity index (χ3n) is 4.13. The average Bonchev–Trinajstić information content (AvgIpc) is 2.53. The first kappa shape index (κ1) is 16.2. The summed E-state index contributed by atoms with van der Waals surface area (Å²) in [6.45, 7) is 8.07. The summed E-state index contributed by atoms with van der Waals surface area (Å²) in [4.78, 5) is 11.0. The fourth-order valence-corrected chi connectivity index (χ4v) is 2.89. The van der Waals surface area contributed by atoms with E-state index in [2.05, 4.69) is 0 Å². The van der Waals surface area contributed by atoms with Crippen LogP contribution in [0.1, 0.15) is 38.8 Å². The summed E-state index contributed by atoms with van der Waals surface area (Å²) < 4.78 is 8.15. The van der Waals surface area contributed by atoms with Crippen molar-refractivity contribution < 1.29 is 14.2 Å². The maximum absolute atomic E-state index is 11.3. The Balaban J connectivity index is 2.22. The normalized spacial score (nSPS) is 16.8. The molecule has 24 heavy (non-hydrogen) atoms. The number of benzene rings is 2. The molecule has 0 saturated carbocycles. The largest absolute Gasteiger partial charge is 0.433 e. The van der Waals surface area contributed by atoms with Crippen molar-refractivity contribution in [3.8, 4) is 5.75 Å². The Hall–Kier alpha value is -2.69. The van der Waals surface area contributed by atoms with E-state index in [1.807, 2.05) is 68.8 Å². The molecule has 0 fully saturated rings. The van der Waals surface area contributed by atoms with E-state index in [-0.39, 0.29) is 22.3 Å². The Morgan fingerprint density at radius 1 is 1.17 bits per heavy atom. The molecule has 2 aromatic carbocycles. The van der Waals surface area contributed by atoms with Crippen LogP contribution >= 0.6 is 0 Å². The second-order valence-corrected chi connectivity index (χ2v) is 7.01. The molecule has 1 heterocycles. The van der Waals surface area contributed by atoms with Gasteiger partial charge in [-0.3, -0.25) is 10.1 Å². The molecule has 5 nitrogen and oxygen atoms in total. The highest BCUT2D eigenvalue weighted by Gasteiger charge is 2.33. The lowest BCUT2D eigenvalue weighted by Gasteiger charge is -2.27. The molecule has 3 rings (SSSR count). The van der Waals surface area contributed by atoms with Gasteiger partial charge in [0, 0.05) is 36.8 Å². The lowest BCUT2D eigenvalue weighted by molar-refractivity contribution is -0.522. The summed E-state index contributed by atoms with van der Waals surface area (Å²) in [5.41, 5.74) is 2.40. The summed E-state index contributed by atoms with van der Waals surface area (Å²) in [5.74, 6) is 0.729. The third kappa shape index (κ3) is 2.89. The van der Waals surface area contributed by atoms with Crippen LogP contribution in [0.3, 0.4) is 0 Å². The quantitative estimate of drug-likeness (QED) is 0.467. The number of para-hydroxylation sites is 1. The highest BCUT2D eigenvalue weighted by Crippen LogP contribution is 2.39. The van der Waals surface area contributed by atoms with Crippen LogP contribution in [0.15, 0.2) is 42.5 Å². The van der Waals surface area contributed by atoms with Gasteiger partial charge in [-0.1, -0.05) is 39.0 Å². The van der Waals surface area contributed by atoms with Crippen molar-refractivity contribution >= 4 is 17.6 Å². The Morgan fingerprint density at radius 2 is 1.83 bits per heavy atom. The Morgan fingerprint density at radius 3 is 2.42 bits per heavy atom. The summed E-state index contributed by atoms with van der Waals surface area (Å²) in [6.07, 6.45) is 1.74. The van der Waals surface area contributed by atoms with Gasteiger partial charge in [0.2, 0.25) is 5.69 Å². The van der Waals surface area contributed by atoms with E-state index in [4.69, 9.17) is 4.74 Å². The molecule has 124 valence electrons. The van der Waals surface area contributed by atoms with Gasteiger partial charge in [0.15, 0.2) is 6.21 Å². The first-order chi connectivity index (χ1) is 11.3. The molecule has 0 spiro atoms. The van der Waals surface area contributed by atoms with Crippen molar-refractivity contribution in [2.24, 2.45) is 0 Å². The molecule has 1 aliphatic heterocycles. The molecule has 0 amide bonds. The van der Waals surface area contributed by atoms with E-state index in [0.29, 0.717) is 0 Å². The Kier molecular flexibility index (Phi) is 3.87. The van der Waals surface area contributed by atoms with Crippen LogP contribution in [0.25, 0.3) is 0 Å². The standard InChI is InChI=1S/C19H21N2O3/c1-13-20(15-8-6-5-7-9-15)12-14-10-16(21(22)23)11-17(18(14)24-13)19(2,3)4/h5-13H,1-4H3/q+1. The number of nitro groups is 1. The van der Waals surface area contributed by atoms with Gasteiger partial charge in [-0.2, -0.15) is 4.58 Å². The number of hydrogen-bond acceptors (Lipinski definition) is 3. The lowest BCUT2D eigenvalue weighted by atomic mass is 9.84. The van der Waals surface area contributed by atoms with E-state index < -0.39 is 0 Å². The number of non-ortho nitro benzene ring substituents is 1. The SMILES string of the molecule is CC1Oc2c(cc([N+](=O)[O-])cc2C(C)(C)C)C=[N+]1c1ccccc1. The highest BCUT2D eigenvalue weighted by atomic mass is 16.6. The number of rotatable bonds is 2. The lowest BCUT2D eigenvalue weighted by Crippen LogP contribution is -2.32. The second kappa shape index (κ2) is 5.74. The van der Waals surface area contributed by atoms with E-state index in [1.165, 1.54) is 0 Å². The molecular weight excluding hydrogens is 304 g/mol. The number of nitrogens with zero attached hydrogens (tertiary/aromatic N) is 2. The molecule has 2 aromatic rings. The van der Waals surface area contributed by atoms with Gasteiger partial charge in [-0.25, -0.2) is 0 Å². The molecule has 0 radical (unpaired) electrons. The number of fused-ring (bicyclic) bond motifs is 1. The average molecular weight is 325 g/mol. The van der Waals surface area contributed by atoms with Crippen LogP contribution in [-0.2, 0) is 5.41 Å². The molecule has 1 unspecified atom stereocenters. The van der Waals surface area contributed by atoms with Gasteiger partial charge in [0.05, 0.1) is 10.5 Å². The van der Waals surface area contributed by atoms with Crippen LogP contribution in [0, 0.1) is 10.1 Å². The van der Waals surface area contributed by atoms with Gasteiger partial charge in [-0.05, 0) is 5.41 Å². The molecule has 5 heteroatoms. The van der Waals surface area contributed by atoms with Crippen molar-refractivity contribution in [1.29, 1.82) is 0 Å². The third-order valence-corrected chi connectivity index (χ3v) is 4.13. The zero-order valence-electron chi connectivity index (χ0n) is 14.3. The van der Waals surface area contributed by atoms with Crippen LogP contribution in [0.4, 0.5) is 11.4 Å². The smallest absolute Gasteiger partial charge is 0.299 e. The van der Waals surface area contributed by atoms with E-state index >= 15 is 0 Å². The maximum atomic E-state index is 11.3. The van der Waals surface area contributed by atoms with Crippen molar-refractivity contribution in [2.75, 3.05) is 0 Å². The summed E-state index contributed by atoms with van der Waals surface area (Å²) in [6, 6.07) is 13.0. The summed E-state index contributed by atoms with van der Waals surface area (Å²) in [7, 11) is 0. The van der Waals surface area contributed by atoms with Crippen molar-refractivity contribution in [2.45, 2.75) is 39.3 Å². The Labute approximate surface area is 141 Å². The number of nitro benzene ring substituents is 1. The maximum Gasteiger partial charge on any atom is 0.299 e. The monoisotopic (exact) mass is 325 g/mol. The minimum Gasteiger partial charge on any atom is -0.433 e. The van der Waals surface area contributed by atoms with Crippen LogP contribution in [0.2, 0.25) is 0 Å². The Bertz CT molecular complexity index is 820. The van der Waals surface area contributed by atoms with Gasteiger partial charge >= 0.3 is 0 Å². The molecule has 0 saturated heterocycles. The molecule has 0 N–H and O–H groups in total. The van der Waals surface area contributed by atoms with Gasteiger partial charge in [-0.15, -0.1) is 0 Å². The zero-order valence-corrected chi connectivity index (χ0v) is 14.3. The van der Waals surface area contributed by atoms with Crippen molar-refractivity contribution in [3.05, 3.63) is 63.7 Å². The van der Waals surface area contributed by atoms with E-state index in [9.17, 15) is 10.1 Å². The first-order valence-electron chi connectivity index (χ1n) is 7.95. The van der Waals surface area contributed by atoms with E-state index in [1.54, 1.807) is 12.1 Å². The number of ether oxygens (including phenoxy) is 1. The molecule has 1 atom stereocenters. The highest BCUT2D eigenvalue weighted by molar-refractivity contribution is 5.84. The fourth-order valence-electron chi connectivity index (χ4n) is 2.89. The fraction of sp³-hybridized carbons (Fsp3) is 0.316. The number of hydrogen-bond donors (Lipinski definition) is 0. The molecule has 0 aliphatic carbocycles. The zero-order chi connectivity index (χ0) is 17.5. The van der Waals surface area contributed by atoms with Gasteiger partial charge in [0.25, 0.3) is 11.9 Å². The minimum atomic E-state index is -0.353. The van der Waals surface area contributed by atoms with Crippen molar-refractivity contribution in [1.82, 2.24) is 0 Å². The molecule has 0 aromatic heterocycles. The van der Waals surface area contributed by atoms with Gasteiger partial charge < -0.3 is 4.74 Å². The molecule has 1 aliphatic rings. The first-order valence-corrected chi connectivity index (χ1v) is 7.95. The van der Waals surface area contributed by atoms with Gasteiger partial charge in [0.1, 0.15) is 5.75 Å².